The normalized spacial score (nSPS) is 10.5. The first-order chi connectivity index (χ1) is 11.5. The van der Waals surface area contributed by atoms with Crippen molar-refractivity contribution in [3.05, 3.63) is 71.2 Å². The van der Waals surface area contributed by atoms with Gasteiger partial charge in [-0.3, -0.25) is 9.78 Å². The molecule has 24 heavy (non-hydrogen) atoms. The lowest BCUT2D eigenvalue weighted by Crippen LogP contribution is -2.14. The molecule has 7 heteroatoms. The number of pyridine rings is 3. The summed E-state index contributed by atoms with van der Waals surface area (Å²) in [6.07, 6.45) is 5.80. The third kappa shape index (κ3) is 3.38. The summed E-state index contributed by atoms with van der Waals surface area (Å²) in [6, 6.07) is 6.02. The maximum absolute atomic E-state index is 12.9. The highest BCUT2D eigenvalue weighted by molar-refractivity contribution is 6.33. The number of aryl methyl sites for hydroxylation is 1. The summed E-state index contributed by atoms with van der Waals surface area (Å²) >= 11 is 6.21. The predicted octanol–water partition coefficient (Wildman–Crippen LogP) is 3.89. The topological polar surface area (TPSA) is 67.8 Å². The molecule has 5 nitrogen and oxygen atoms in total. The maximum atomic E-state index is 12.9. The molecule has 0 bridgehead atoms. The average Bonchev–Trinajstić information content (AvgIpc) is 2.58. The standard InChI is InChI=1S/C17H12ClFN4O/c1-10-4-5-20-8-13(10)12-6-15(21-9-14(12)18)17(24)23-16-3-2-11(19)7-22-16/h2-9H,1H3,(H,22,23,24). The quantitative estimate of drug-likeness (QED) is 0.784. The lowest BCUT2D eigenvalue weighted by Gasteiger charge is -2.09. The highest BCUT2D eigenvalue weighted by atomic mass is 35.5. The molecule has 0 saturated carbocycles. The molecule has 1 N–H and O–H groups in total. The number of carbonyl (C=O) groups is 1. The minimum Gasteiger partial charge on any atom is -0.305 e. The fraction of sp³-hybridized carbons (Fsp3) is 0.0588. The summed E-state index contributed by atoms with van der Waals surface area (Å²) in [7, 11) is 0. The number of hydrogen-bond donors (Lipinski definition) is 1. The SMILES string of the molecule is Cc1ccncc1-c1cc(C(=O)Nc2ccc(F)cn2)ncc1Cl. The lowest BCUT2D eigenvalue weighted by molar-refractivity contribution is 0.102. The summed E-state index contributed by atoms with van der Waals surface area (Å²) in [5.41, 5.74) is 2.63. The van der Waals surface area contributed by atoms with Gasteiger partial charge in [0.15, 0.2) is 0 Å². The number of nitrogens with zero attached hydrogens (tertiary/aromatic N) is 3. The molecule has 0 aliphatic rings. The van der Waals surface area contributed by atoms with Crippen LogP contribution in [0.5, 0.6) is 0 Å². The fourth-order valence-electron chi connectivity index (χ4n) is 2.15. The van der Waals surface area contributed by atoms with Gasteiger partial charge >= 0.3 is 0 Å². The molecule has 3 rings (SSSR count). The molecule has 0 atom stereocenters. The molecular weight excluding hydrogens is 331 g/mol. The van der Waals surface area contributed by atoms with E-state index in [0.717, 1.165) is 17.3 Å². The van der Waals surface area contributed by atoms with Crippen LogP contribution in [0.2, 0.25) is 5.02 Å². The van der Waals surface area contributed by atoms with Gasteiger partial charge in [-0.15, -0.1) is 0 Å². The van der Waals surface area contributed by atoms with E-state index in [1.807, 2.05) is 13.0 Å². The van der Waals surface area contributed by atoms with Crippen molar-refractivity contribution >= 4 is 23.3 Å². The molecular formula is C17H12ClFN4O. The second-order valence-corrected chi connectivity index (χ2v) is 5.46. The van der Waals surface area contributed by atoms with Gasteiger partial charge in [0.2, 0.25) is 0 Å². The molecule has 120 valence electrons. The Balaban J connectivity index is 1.92. The summed E-state index contributed by atoms with van der Waals surface area (Å²) in [4.78, 5) is 24.2. The summed E-state index contributed by atoms with van der Waals surface area (Å²) in [5.74, 6) is -0.710. The monoisotopic (exact) mass is 342 g/mol. The molecule has 0 unspecified atom stereocenters. The van der Waals surface area contributed by atoms with Gasteiger partial charge in [0.1, 0.15) is 17.3 Å². The van der Waals surface area contributed by atoms with Crippen LogP contribution >= 0.6 is 11.6 Å². The molecule has 3 aromatic rings. The number of nitrogens with one attached hydrogen (secondary N) is 1. The van der Waals surface area contributed by atoms with Crippen LogP contribution < -0.4 is 5.32 Å². The third-order valence-electron chi connectivity index (χ3n) is 3.39. The van der Waals surface area contributed by atoms with Gasteiger partial charge in [-0.1, -0.05) is 11.6 Å². The van der Waals surface area contributed by atoms with Crippen LogP contribution in [0.25, 0.3) is 11.1 Å². The summed E-state index contributed by atoms with van der Waals surface area (Å²) < 4.78 is 12.9. The molecule has 3 aromatic heterocycles. The lowest BCUT2D eigenvalue weighted by atomic mass is 10.0. The first-order valence-corrected chi connectivity index (χ1v) is 7.42. The molecule has 3 heterocycles. The minimum atomic E-state index is -0.480. The van der Waals surface area contributed by atoms with Gasteiger partial charge in [0.05, 0.1) is 11.2 Å². The van der Waals surface area contributed by atoms with Gasteiger partial charge in [-0.2, -0.15) is 0 Å². The van der Waals surface area contributed by atoms with Gasteiger partial charge < -0.3 is 5.32 Å². The molecule has 0 spiro atoms. The van der Waals surface area contributed by atoms with E-state index in [0.29, 0.717) is 10.6 Å². The van der Waals surface area contributed by atoms with Crippen LogP contribution in [0.1, 0.15) is 16.1 Å². The van der Waals surface area contributed by atoms with Crippen LogP contribution in [0, 0.1) is 12.7 Å². The predicted molar refractivity (Wildman–Crippen MR) is 89.4 cm³/mol. The first-order valence-electron chi connectivity index (χ1n) is 7.04. The van der Waals surface area contributed by atoms with E-state index < -0.39 is 11.7 Å². The second kappa shape index (κ2) is 6.72. The second-order valence-electron chi connectivity index (χ2n) is 5.06. The zero-order chi connectivity index (χ0) is 17.1. The van der Waals surface area contributed by atoms with Crippen molar-refractivity contribution in [1.29, 1.82) is 0 Å². The average molecular weight is 343 g/mol. The van der Waals surface area contributed by atoms with E-state index in [-0.39, 0.29) is 11.5 Å². The Bertz CT molecular complexity index is 899. The van der Waals surface area contributed by atoms with Crippen molar-refractivity contribution in [2.45, 2.75) is 6.92 Å². The maximum Gasteiger partial charge on any atom is 0.275 e. The van der Waals surface area contributed by atoms with E-state index in [9.17, 15) is 9.18 Å². The number of amides is 1. The van der Waals surface area contributed by atoms with Crippen LogP contribution in [0.4, 0.5) is 10.2 Å². The van der Waals surface area contributed by atoms with E-state index >= 15 is 0 Å². The molecule has 1 amide bonds. The Morgan fingerprint density at radius 2 is 1.96 bits per heavy atom. The zero-order valence-electron chi connectivity index (χ0n) is 12.6. The van der Waals surface area contributed by atoms with Crippen molar-refractivity contribution in [1.82, 2.24) is 15.0 Å². The Morgan fingerprint density at radius 3 is 2.67 bits per heavy atom. The van der Waals surface area contributed by atoms with Crippen molar-refractivity contribution in [3.63, 3.8) is 0 Å². The van der Waals surface area contributed by atoms with Crippen molar-refractivity contribution < 1.29 is 9.18 Å². The first kappa shape index (κ1) is 16.0. The summed E-state index contributed by atoms with van der Waals surface area (Å²) in [5, 5.41) is 2.98. The van der Waals surface area contributed by atoms with Crippen LogP contribution in [-0.2, 0) is 0 Å². The Labute approximate surface area is 142 Å². The van der Waals surface area contributed by atoms with Crippen LogP contribution in [-0.4, -0.2) is 20.9 Å². The molecule has 0 aliphatic carbocycles. The van der Waals surface area contributed by atoms with Crippen LogP contribution in [0.3, 0.4) is 0 Å². The summed E-state index contributed by atoms with van der Waals surface area (Å²) in [6.45, 7) is 1.93. The third-order valence-corrected chi connectivity index (χ3v) is 3.69. The van der Waals surface area contributed by atoms with Crippen LogP contribution in [0.15, 0.2) is 49.1 Å². The number of halogens is 2. The van der Waals surface area contributed by atoms with Crippen molar-refractivity contribution in [2.24, 2.45) is 0 Å². The molecule has 0 saturated heterocycles. The Kier molecular flexibility index (Phi) is 4.48. The highest BCUT2D eigenvalue weighted by Crippen LogP contribution is 2.29. The zero-order valence-corrected chi connectivity index (χ0v) is 13.4. The minimum absolute atomic E-state index is 0.170. The van der Waals surface area contributed by atoms with Gasteiger partial charge in [0.25, 0.3) is 5.91 Å². The Morgan fingerprint density at radius 1 is 1.12 bits per heavy atom. The van der Waals surface area contributed by atoms with E-state index in [4.69, 9.17) is 11.6 Å². The van der Waals surface area contributed by atoms with Crippen molar-refractivity contribution in [3.8, 4) is 11.1 Å². The number of anilines is 1. The number of hydrogen-bond acceptors (Lipinski definition) is 4. The fourth-order valence-corrected chi connectivity index (χ4v) is 2.35. The van der Waals surface area contributed by atoms with Gasteiger partial charge in [-0.25, -0.2) is 14.4 Å². The molecule has 0 radical (unpaired) electrons. The number of carbonyl (C=O) groups excluding carboxylic acids is 1. The Hall–Kier alpha value is -2.86. The number of rotatable bonds is 3. The number of aromatic nitrogens is 3. The largest absolute Gasteiger partial charge is 0.305 e. The molecule has 0 aromatic carbocycles. The highest BCUT2D eigenvalue weighted by Gasteiger charge is 2.14. The van der Waals surface area contributed by atoms with E-state index in [2.05, 4.69) is 20.3 Å². The van der Waals surface area contributed by atoms with Gasteiger partial charge in [0, 0.05) is 29.7 Å². The van der Waals surface area contributed by atoms with E-state index in [1.165, 1.54) is 18.3 Å². The van der Waals surface area contributed by atoms with Crippen molar-refractivity contribution in [2.75, 3.05) is 5.32 Å². The molecule has 0 aliphatic heterocycles. The smallest absolute Gasteiger partial charge is 0.275 e. The van der Waals surface area contributed by atoms with Gasteiger partial charge in [-0.05, 0) is 36.8 Å². The van der Waals surface area contributed by atoms with E-state index in [1.54, 1.807) is 18.5 Å². The molecule has 0 fully saturated rings.